The number of nitriles is 1. The number of carbonyl (C=O) groups excluding carboxylic acids is 1. The molecule has 0 radical (unpaired) electrons. The summed E-state index contributed by atoms with van der Waals surface area (Å²) in [5.74, 6) is 0.0806. The molecule has 8 heteroatoms. The molecule has 0 heterocycles. The second kappa shape index (κ2) is 11.0. The van der Waals surface area contributed by atoms with E-state index in [4.69, 9.17) is 27.9 Å². The number of ether oxygens (including phenoxy) is 1. The highest BCUT2D eigenvalue weighted by Crippen LogP contribution is 2.36. The number of rotatable bonds is 6. The topological polar surface area (TPSA) is 62.1 Å². The predicted octanol–water partition coefficient (Wildman–Crippen LogP) is 7.95. The molecular weight excluding hydrogens is 579 g/mol. The molecule has 1 amide bonds. The van der Waals surface area contributed by atoms with E-state index in [-0.39, 0.29) is 12.2 Å². The summed E-state index contributed by atoms with van der Waals surface area (Å²) in [5, 5.41) is 13.3. The summed E-state index contributed by atoms with van der Waals surface area (Å²) in [5.41, 5.74) is 3.11. The lowest BCUT2D eigenvalue weighted by Gasteiger charge is -2.12. The highest BCUT2D eigenvalue weighted by Gasteiger charge is 2.13. The zero-order chi connectivity index (χ0) is 23.3. The number of nitrogens with zero attached hydrogens (tertiary/aromatic N) is 1. The first-order valence-electron chi connectivity index (χ1n) is 9.32. The second-order valence-electron chi connectivity index (χ2n) is 6.83. The SMILES string of the molecule is Cc1ccc(NC(=O)/C(C#N)=C/c2cc(Br)c(OCc3ccc(Cl)cc3Cl)c(Br)c2)cc1. The molecule has 162 valence electrons. The smallest absolute Gasteiger partial charge is 0.266 e. The Morgan fingerprint density at radius 2 is 1.75 bits per heavy atom. The van der Waals surface area contributed by atoms with Gasteiger partial charge in [0.2, 0.25) is 0 Å². The standard InChI is InChI=1S/C24H16Br2Cl2N2O2/c1-14-2-6-19(7-3-14)30-24(31)17(12-29)8-15-9-20(25)23(21(26)10-15)32-13-16-4-5-18(27)11-22(16)28/h2-11H,13H2,1H3,(H,30,31)/b17-8+. The van der Waals surface area contributed by atoms with Crippen LogP contribution < -0.4 is 10.1 Å². The zero-order valence-corrected chi connectivity index (χ0v) is 21.4. The van der Waals surface area contributed by atoms with Crippen LogP contribution >= 0.6 is 55.1 Å². The fourth-order valence-corrected chi connectivity index (χ4v) is 4.65. The molecule has 0 aliphatic rings. The van der Waals surface area contributed by atoms with E-state index in [0.29, 0.717) is 36.0 Å². The third-order valence-electron chi connectivity index (χ3n) is 4.39. The molecule has 0 saturated carbocycles. The second-order valence-corrected chi connectivity index (χ2v) is 9.38. The van der Waals surface area contributed by atoms with Crippen molar-refractivity contribution in [3.05, 3.63) is 95.9 Å². The summed E-state index contributed by atoms with van der Waals surface area (Å²) in [7, 11) is 0. The number of amides is 1. The van der Waals surface area contributed by atoms with Gasteiger partial charge in [-0.3, -0.25) is 4.79 Å². The van der Waals surface area contributed by atoms with E-state index in [1.54, 1.807) is 42.5 Å². The van der Waals surface area contributed by atoms with Crippen molar-refractivity contribution in [2.75, 3.05) is 5.32 Å². The van der Waals surface area contributed by atoms with Crippen LogP contribution in [0.2, 0.25) is 10.0 Å². The molecule has 3 aromatic carbocycles. The van der Waals surface area contributed by atoms with Crippen LogP contribution in [0.5, 0.6) is 5.75 Å². The average molecular weight is 595 g/mol. The Kier molecular flexibility index (Phi) is 8.38. The maximum atomic E-state index is 12.5. The van der Waals surface area contributed by atoms with E-state index in [0.717, 1.165) is 11.1 Å². The fourth-order valence-electron chi connectivity index (χ4n) is 2.74. The van der Waals surface area contributed by atoms with Gasteiger partial charge >= 0.3 is 0 Å². The first-order valence-corrected chi connectivity index (χ1v) is 11.7. The molecule has 3 rings (SSSR count). The Bertz CT molecular complexity index is 1210. The van der Waals surface area contributed by atoms with Crippen LogP contribution in [-0.4, -0.2) is 5.91 Å². The summed E-state index contributed by atoms with van der Waals surface area (Å²) < 4.78 is 7.21. The minimum atomic E-state index is -0.485. The van der Waals surface area contributed by atoms with Crippen molar-refractivity contribution in [2.45, 2.75) is 13.5 Å². The number of hydrogen-bond donors (Lipinski definition) is 1. The van der Waals surface area contributed by atoms with Gasteiger partial charge in [0, 0.05) is 21.3 Å². The molecule has 0 atom stereocenters. The van der Waals surface area contributed by atoms with E-state index in [1.165, 1.54) is 6.08 Å². The number of hydrogen-bond acceptors (Lipinski definition) is 3. The maximum absolute atomic E-state index is 12.5. The van der Waals surface area contributed by atoms with Crippen molar-refractivity contribution >= 4 is 72.7 Å². The van der Waals surface area contributed by atoms with Crippen molar-refractivity contribution in [2.24, 2.45) is 0 Å². The van der Waals surface area contributed by atoms with Gasteiger partial charge in [-0.05, 0) is 86.8 Å². The number of aryl methyl sites for hydroxylation is 1. The number of benzene rings is 3. The van der Waals surface area contributed by atoms with Gasteiger partial charge in [0.1, 0.15) is 24.0 Å². The molecule has 0 saturated heterocycles. The average Bonchev–Trinajstić information content (AvgIpc) is 2.74. The molecule has 0 spiro atoms. The van der Waals surface area contributed by atoms with Gasteiger partial charge in [0.15, 0.2) is 0 Å². The van der Waals surface area contributed by atoms with Gasteiger partial charge in [-0.1, -0.05) is 47.0 Å². The van der Waals surface area contributed by atoms with E-state index >= 15 is 0 Å². The molecule has 1 N–H and O–H groups in total. The van der Waals surface area contributed by atoms with Crippen LogP contribution in [0, 0.1) is 18.3 Å². The largest absolute Gasteiger partial charge is 0.486 e. The molecule has 32 heavy (non-hydrogen) atoms. The Balaban J connectivity index is 1.77. The van der Waals surface area contributed by atoms with Crippen LogP contribution in [0.25, 0.3) is 6.08 Å². The molecular formula is C24H16Br2Cl2N2O2. The normalized spacial score (nSPS) is 11.1. The van der Waals surface area contributed by atoms with Gasteiger partial charge in [0.25, 0.3) is 5.91 Å². The summed E-state index contributed by atoms with van der Waals surface area (Å²) in [4.78, 5) is 12.5. The van der Waals surface area contributed by atoms with Crippen molar-refractivity contribution in [3.63, 3.8) is 0 Å². The lowest BCUT2D eigenvalue weighted by atomic mass is 10.1. The van der Waals surface area contributed by atoms with E-state index in [9.17, 15) is 10.1 Å². The molecule has 3 aromatic rings. The molecule has 0 bridgehead atoms. The minimum Gasteiger partial charge on any atom is -0.486 e. The Labute approximate surface area is 213 Å². The van der Waals surface area contributed by atoms with Crippen LogP contribution in [0.15, 0.2) is 69.1 Å². The molecule has 0 unspecified atom stereocenters. The Morgan fingerprint density at radius 1 is 1.09 bits per heavy atom. The van der Waals surface area contributed by atoms with Gasteiger partial charge in [0.05, 0.1) is 8.95 Å². The number of halogens is 4. The predicted molar refractivity (Wildman–Crippen MR) is 136 cm³/mol. The minimum absolute atomic E-state index is 0.0222. The maximum Gasteiger partial charge on any atom is 0.266 e. The van der Waals surface area contributed by atoms with Crippen molar-refractivity contribution in [1.82, 2.24) is 0 Å². The molecule has 4 nitrogen and oxygen atoms in total. The van der Waals surface area contributed by atoms with Crippen molar-refractivity contribution in [3.8, 4) is 11.8 Å². The molecule has 0 fully saturated rings. The van der Waals surface area contributed by atoms with Gasteiger partial charge in [-0.25, -0.2) is 0 Å². The summed E-state index contributed by atoms with van der Waals surface area (Å²) >= 11 is 19.1. The first-order chi connectivity index (χ1) is 15.3. The van der Waals surface area contributed by atoms with Crippen molar-refractivity contribution in [1.29, 1.82) is 5.26 Å². The van der Waals surface area contributed by atoms with Gasteiger partial charge in [-0.15, -0.1) is 0 Å². The lowest BCUT2D eigenvalue weighted by molar-refractivity contribution is -0.112. The third-order valence-corrected chi connectivity index (χ3v) is 6.16. The zero-order valence-electron chi connectivity index (χ0n) is 16.8. The van der Waals surface area contributed by atoms with Crippen LogP contribution in [0.3, 0.4) is 0 Å². The molecule has 0 aliphatic carbocycles. The third kappa shape index (κ3) is 6.36. The lowest BCUT2D eigenvalue weighted by Crippen LogP contribution is -2.13. The highest BCUT2D eigenvalue weighted by atomic mass is 79.9. The van der Waals surface area contributed by atoms with Gasteiger partial charge < -0.3 is 10.1 Å². The van der Waals surface area contributed by atoms with Crippen LogP contribution in [0.4, 0.5) is 5.69 Å². The Hall–Kier alpha value is -2.30. The van der Waals surface area contributed by atoms with Crippen LogP contribution in [-0.2, 0) is 11.4 Å². The first kappa shape index (κ1) is 24.3. The summed E-state index contributed by atoms with van der Waals surface area (Å²) in [6, 6.07) is 18.0. The monoisotopic (exact) mass is 592 g/mol. The summed E-state index contributed by atoms with van der Waals surface area (Å²) in [6.45, 7) is 2.20. The number of anilines is 1. The van der Waals surface area contributed by atoms with E-state index in [1.807, 2.05) is 25.1 Å². The summed E-state index contributed by atoms with van der Waals surface area (Å²) in [6.07, 6.45) is 1.51. The molecule has 0 aromatic heterocycles. The fraction of sp³-hybridized carbons (Fsp3) is 0.0833. The van der Waals surface area contributed by atoms with E-state index in [2.05, 4.69) is 37.2 Å². The highest BCUT2D eigenvalue weighted by molar-refractivity contribution is 9.11. The van der Waals surface area contributed by atoms with E-state index < -0.39 is 5.91 Å². The van der Waals surface area contributed by atoms with Crippen molar-refractivity contribution < 1.29 is 9.53 Å². The Morgan fingerprint density at radius 3 is 2.34 bits per heavy atom. The quantitative estimate of drug-likeness (QED) is 0.233. The number of carbonyl (C=O) groups is 1. The van der Waals surface area contributed by atoms with Crippen LogP contribution in [0.1, 0.15) is 16.7 Å². The number of nitrogens with one attached hydrogen (secondary N) is 1. The molecule has 0 aliphatic heterocycles. The van der Waals surface area contributed by atoms with Gasteiger partial charge in [-0.2, -0.15) is 5.26 Å².